The third kappa shape index (κ3) is 24.8. The maximum absolute atomic E-state index is 7.50. The van der Waals surface area contributed by atoms with Gasteiger partial charge in [0.2, 0.25) is 0 Å². The van der Waals surface area contributed by atoms with E-state index in [-0.39, 0.29) is 0 Å². The average Bonchev–Trinajstić information content (AvgIpc) is 2.76. The summed E-state index contributed by atoms with van der Waals surface area (Å²) < 4.78 is 49.2. The molecule has 0 amide bonds. The summed E-state index contributed by atoms with van der Waals surface area (Å²) in [6.45, 7) is 31.1. The van der Waals surface area contributed by atoms with Crippen molar-refractivity contribution < 1.29 is 48.6 Å². The molecule has 8 nitrogen and oxygen atoms in total. The molecule has 0 saturated carbocycles. The Morgan fingerprint density at radius 1 is 0.962 bits per heavy atom. The number of rotatable bonds is 6. The van der Waals surface area contributed by atoms with Crippen LogP contribution in [-0.4, -0.2) is 42.4 Å². The molecular weight excluding hydrogens is 382 g/mol. The zero-order chi connectivity index (χ0) is 21.8. The van der Waals surface area contributed by atoms with Crippen molar-refractivity contribution in [2.45, 2.75) is 26.7 Å². The topological polar surface area (TPSA) is 121 Å². The SMILES string of the molecule is CCC/C(=C\[C](=[Cr])OCC)N1CCOCC1.[C-]#[O+].[C-]#[O+].[C-]#[O+].[C-]#[O+].[C-]#[O+]. The van der Waals surface area contributed by atoms with E-state index in [1.54, 1.807) is 0 Å². The summed E-state index contributed by atoms with van der Waals surface area (Å²) in [5.41, 5.74) is 1.35. The predicted octanol–water partition coefficient (Wildman–Crippen LogP) is 1.53. The molecule has 1 aliphatic rings. The monoisotopic (exact) mass is 403 g/mol. The minimum atomic E-state index is 0.710. The molecule has 1 fully saturated rings. The van der Waals surface area contributed by atoms with Gasteiger partial charge in [-0.2, -0.15) is 0 Å². The number of hydrogen-bond acceptors (Lipinski definition) is 3. The van der Waals surface area contributed by atoms with Gasteiger partial charge in [-0.25, -0.2) is 0 Å². The molecule has 0 spiro atoms. The summed E-state index contributed by atoms with van der Waals surface area (Å²) in [5.74, 6) is 0. The summed E-state index contributed by atoms with van der Waals surface area (Å²) in [4.78, 5) is 2.39. The molecule has 1 rings (SSSR count). The Balaban J connectivity index is -0.000000127. The Kier molecular flexibility index (Phi) is 53.3. The molecule has 0 unspecified atom stereocenters. The van der Waals surface area contributed by atoms with Crippen LogP contribution >= 0.6 is 0 Å². The fraction of sp³-hybridized carbons (Fsp3) is 0.529. The van der Waals surface area contributed by atoms with Gasteiger partial charge in [-0.1, -0.05) is 0 Å². The molecule has 0 N–H and O–H groups in total. The number of nitrogens with zero attached hydrogens (tertiary/aromatic N) is 1. The Labute approximate surface area is 163 Å². The van der Waals surface area contributed by atoms with Gasteiger partial charge in [0.1, 0.15) is 0 Å². The van der Waals surface area contributed by atoms with Gasteiger partial charge < -0.3 is 0 Å². The van der Waals surface area contributed by atoms with E-state index in [4.69, 9.17) is 32.7 Å². The van der Waals surface area contributed by atoms with Crippen molar-refractivity contribution in [3.63, 3.8) is 0 Å². The summed E-state index contributed by atoms with van der Waals surface area (Å²) in [6.07, 6.45) is 4.37. The summed E-state index contributed by atoms with van der Waals surface area (Å²) in [6, 6.07) is 0. The molecular formula is C17H21CrNO7. The van der Waals surface area contributed by atoms with Gasteiger partial charge in [0.25, 0.3) is 0 Å². The fourth-order valence-electron chi connectivity index (χ4n) is 1.75. The van der Waals surface area contributed by atoms with Gasteiger partial charge in [0.05, 0.1) is 0 Å². The normalized spacial score (nSPS) is 11.2. The van der Waals surface area contributed by atoms with Crippen LogP contribution in [0.5, 0.6) is 0 Å². The summed E-state index contributed by atoms with van der Waals surface area (Å²) in [5, 5.41) is 0. The maximum atomic E-state index is 7.50. The molecule has 0 aliphatic carbocycles. The van der Waals surface area contributed by atoms with E-state index in [9.17, 15) is 0 Å². The van der Waals surface area contributed by atoms with Crippen molar-refractivity contribution in [3.05, 3.63) is 45.0 Å². The zero-order valence-corrected chi connectivity index (χ0v) is 16.0. The Hall–Kier alpha value is -1.44. The van der Waals surface area contributed by atoms with Gasteiger partial charge in [0, 0.05) is 0 Å². The van der Waals surface area contributed by atoms with Crippen molar-refractivity contribution in [2.75, 3.05) is 32.9 Å². The first-order valence-electron chi connectivity index (χ1n) is 7.00. The van der Waals surface area contributed by atoms with Crippen LogP contribution < -0.4 is 0 Å². The van der Waals surface area contributed by atoms with Crippen molar-refractivity contribution in [1.29, 1.82) is 0 Å². The van der Waals surface area contributed by atoms with Crippen molar-refractivity contribution in [3.8, 4) is 0 Å². The third-order valence-corrected chi connectivity index (χ3v) is 2.86. The van der Waals surface area contributed by atoms with Gasteiger partial charge in [-0.05, 0) is 0 Å². The quantitative estimate of drug-likeness (QED) is 0.494. The molecule has 1 saturated heterocycles. The van der Waals surface area contributed by atoms with E-state index < -0.39 is 0 Å². The Morgan fingerprint density at radius 3 is 1.73 bits per heavy atom. The number of morpholine rings is 1. The summed E-state index contributed by atoms with van der Waals surface area (Å²) >= 11 is 2.97. The zero-order valence-electron chi connectivity index (χ0n) is 14.7. The van der Waals surface area contributed by atoms with Crippen LogP contribution in [0.25, 0.3) is 0 Å². The van der Waals surface area contributed by atoms with Gasteiger partial charge in [-0.3, -0.25) is 0 Å². The fourth-order valence-corrected chi connectivity index (χ4v) is 2.14. The van der Waals surface area contributed by atoms with Crippen LogP contribution in [-0.2, 0) is 48.6 Å². The van der Waals surface area contributed by atoms with Crippen LogP contribution in [0.1, 0.15) is 26.7 Å². The van der Waals surface area contributed by atoms with Crippen molar-refractivity contribution >= 4 is 4.57 Å². The molecule has 0 radical (unpaired) electrons. The van der Waals surface area contributed by atoms with E-state index in [1.165, 1.54) is 5.70 Å². The molecule has 1 heterocycles. The molecule has 26 heavy (non-hydrogen) atoms. The molecule has 142 valence electrons. The molecule has 0 aromatic rings. The molecule has 0 aromatic heterocycles. The molecule has 1 aliphatic heterocycles. The first-order valence-corrected chi connectivity index (χ1v) is 7.63. The van der Waals surface area contributed by atoms with Gasteiger partial charge in [0.15, 0.2) is 0 Å². The first kappa shape index (κ1) is 35.6. The third-order valence-electron chi connectivity index (χ3n) is 2.49. The minimum absolute atomic E-state index is 0.710. The van der Waals surface area contributed by atoms with Crippen LogP contribution in [0, 0.1) is 33.3 Å². The van der Waals surface area contributed by atoms with Gasteiger partial charge >= 0.3 is 163 Å². The average molecular weight is 403 g/mol. The second kappa shape index (κ2) is 38.9. The van der Waals surface area contributed by atoms with Crippen LogP contribution in [0.2, 0.25) is 0 Å². The first-order chi connectivity index (χ1) is 12.8. The predicted molar refractivity (Wildman–Crippen MR) is 81.7 cm³/mol. The second-order valence-corrected chi connectivity index (χ2v) is 4.37. The molecule has 9 heteroatoms. The van der Waals surface area contributed by atoms with Gasteiger partial charge in [-0.15, -0.1) is 0 Å². The van der Waals surface area contributed by atoms with Crippen LogP contribution in [0.15, 0.2) is 11.8 Å². The van der Waals surface area contributed by atoms with E-state index in [2.05, 4.69) is 67.0 Å². The van der Waals surface area contributed by atoms with Crippen LogP contribution in [0.4, 0.5) is 0 Å². The van der Waals surface area contributed by atoms with Crippen molar-refractivity contribution in [2.24, 2.45) is 0 Å². The van der Waals surface area contributed by atoms with E-state index in [0.717, 1.165) is 43.7 Å². The van der Waals surface area contributed by atoms with E-state index in [1.807, 2.05) is 6.92 Å². The number of hydrogen-bond donors (Lipinski definition) is 0. The van der Waals surface area contributed by atoms with Crippen molar-refractivity contribution in [1.82, 2.24) is 4.90 Å². The van der Waals surface area contributed by atoms with E-state index >= 15 is 0 Å². The Morgan fingerprint density at radius 2 is 1.38 bits per heavy atom. The standard InChI is InChI=1S/C12H21NO2.5CO.Cr/c1-3-5-12(6-9-14-4-2)13-7-10-15-11-8-13;5*1-2;/h6H,3-5,7-8,10-11H2,1-2H3;;;;;;/b12-6+;;;;;;. The molecule has 0 aromatic carbocycles. The van der Waals surface area contributed by atoms with E-state index in [0.29, 0.717) is 6.61 Å². The Bertz CT molecular complexity index is 398. The molecule has 0 atom stereocenters. The second-order valence-electron chi connectivity index (χ2n) is 3.74. The number of ether oxygens (including phenoxy) is 2. The van der Waals surface area contributed by atoms with Crippen LogP contribution in [0.3, 0.4) is 0 Å². The summed E-state index contributed by atoms with van der Waals surface area (Å²) in [7, 11) is 0. The number of allylic oxidation sites excluding steroid dienone is 1. The molecule has 0 bridgehead atoms.